The van der Waals surface area contributed by atoms with E-state index in [0.29, 0.717) is 17.4 Å². The van der Waals surface area contributed by atoms with Crippen molar-refractivity contribution < 1.29 is 8.42 Å². The van der Waals surface area contributed by atoms with E-state index in [0.717, 1.165) is 17.3 Å². The molecule has 92 valence electrons. The predicted octanol–water partition coefficient (Wildman–Crippen LogP) is 2.62. The molecule has 2 atom stereocenters. The topological polar surface area (TPSA) is 37.4 Å². The van der Waals surface area contributed by atoms with Gasteiger partial charge in [0.1, 0.15) is 0 Å². The molecule has 1 aliphatic heterocycles. The summed E-state index contributed by atoms with van der Waals surface area (Å²) in [5.74, 6) is 0.585. The molecule has 0 radical (unpaired) electrons. The molecule has 0 N–H and O–H groups in total. The monoisotopic (exact) mass is 315 g/mol. The molecule has 2 aliphatic rings. The maximum atomic E-state index is 12.5. The molecule has 0 aromatic heterocycles. The maximum Gasteiger partial charge on any atom is 0.243 e. The van der Waals surface area contributed by atoms with Crippen molar-refractivity contribution in [3.63, 3.8) is 0 Å². The highest BCUT2D eigenvalue weighted by atomic mass is 79.9. The van der Waals surface area contributed by atoms with Gasteiger partial charge in [0.25, 0.3) is 0 Å². The molecule has 1 aliphatic carbocycles. The molecule has 1 aromatic rings. The normalized spacial score (nSPS) is 28.8. The van der Waals surface area contributed by atoms with E-state index in [4.69, 9.17) is 0 Å². The van der Waals surface area contributed by atoms with Crippen LogP contribution in [0.15, 0.2) is 33.6 Å². The molecule has 3 nitrogen and oxygen atoms in total. The fraction of sp³-hybridized carbons (Fsp3) is 0.500. The molecule has 0 spiro atoms. The third kappa shape index (κ3) is 1.94. The van der Waals surface area contributed by atoms with Gasteiger partial charge in [0.2, 0.25) is 10.0 Å². The Morgan fingerprint density at radius 3 is 2.71 bits per heavy atom. The third-order valence-corrected chi connectivity index (χ3v) is 6.17. The Labute approximate surface area is 110 Å². The Hall–Kier alpha value is -0.390. The van der Waals surface area contributed by atoms with E-state index in [2.05, 4.69) is 15.9 Å². The third-order valence-electron chi connectivity index (χ3n) is 3.76. The van der Waals surface area contributed by atoms with E-state index in [-0.39, 0.29) is 6.04 Å². The lowest BCUT2D eigenvalue weighted by Gasteiger charge is -2.26. The molecule has 2 fully saturated rings. The molecule has 5 heteroatoms. The van der Waals surface area contributed by atoms with Crippen molar-refractivity contribution in [2.45, 2.75) is 30.2 Å². The highest BCUT2D eigenvalue weighted by Gasteiger charge is 2.44. The Kier molecular flexibility index (Phi) is 2.80. The minimum atomic E-state index is -3.29. The highest BCUT2D eigenvalue weighted by molar-refractivity contribution is 9.10. The lowest BCUT2D eigenvalue weighted by molar-refractivity contribution is 0.333. The van der Waals surface area contributed by atoms with Crippen LogP contribution in [-0.2, 0) is 10.0 Å². The maximum absolute atomic E-state index is 12.5. The average molecular weight is 316 g/mol. The van der Waals surface area contributed by atoms with Crippen LogP contribution < -0.4 is 0 Å². The number of halogens is 1. The quantitative estimate of drug-likeness (QED) is 0.841. The fourth-order valence-electron chi connectivity index (χ4n) is 2.94. The summed E-state index contributed by atoms with van der Waals surface area (Å²) in [5.41, 5.74) is 0. The molecule has 0 amide bonds. The minimum absolute atomic E-state index is 0.240. The number of rotatable bonds is 2. The molecule has 1 heterocycles. The van der Waals surface area contributed by atoms with Crippen molar-refractivity contribution in [1.29, 1.82) is 0 Å². The van der Waals surface area contributed by atoms with Gasteiger partial charge in [0, 0.05) is 17.1 Å². The van der Waals surface area contributed by atoms with Crippen LogP contribution in [0.2, 0.25) is 0 Å². The highest BCUT2D eigenvalue weighted by Crippen LogP contribution is 2.40. The Morgan fingerprint density at radius 2 is 2.12 bits per heavy atom. The molecule has 2 unspecified atom stereocenters. The number of fused-ring (bicyclic) bond motifs is 2. The molecule has 2 bridgehead atoms. The van der Waals surface area contributed by atoms with Gasteiger partial charge in [-0.05, 0) is 43.4 Å². The summed E-state index contributed by atoms with van der Waals surface area (Å²) < 4.78 is 27.5. The van der Waals surface area contributed by atoms with Gasteiger partial charge in [-0.1, -0.05) is 22.0 Å². The van der Waals surface area contributed by atoms with Crippen LogP contribution in [0, 0.1) is 5.92 Å². The van der Waals surface area contributed by atoms with Crippen molar-refractivity contribution in [3.05, 3.63) is 28.7 Å². The summed E-state index contributed by atoms with van der Waals surface area (Å²) in [7, 11) is -3.29. The molecular weight excluding hydrogens is 302 g/mol. The van der Waals surface area contributed by atoms with Gasteiger partial charge < -0.3 is 0 Å². The van der Waals surface area contributed by atoms with Gasteiger partial charge in [0.05, 0.1) is 4.90 Å². The summed E-state index contributed by atoms with van der Waals surface area (Å²) in [5, 5.41) is 0. The Bertz CT molecular complexity index is 543. The first-order chi connectivity index (χ1) is 8.07. The van der Waals surface area contributed by atoms with E-state index < -0.39 is 10.0 Å². The molecule has 1 saturated heterocycles. The average Bonchev–Trinajstić information content (AvgIpc) is 2.91. The van der Waals surface area contributed by atoms with E-state index >= 15 is 0 Å². The van der Waals surface area contributed by atoms with Crippen molar-refractivity contribution in [3.8, 4) is 0 Å². The second-order valence-electron chi connectivity index (χ2n) is 4.86. The predicted molar refractivity (Wildman–Crippen MR) is 69.2 cm³/mol. The summed E-state index contributed by atoms with van der Waals surface area (Å²) in [6.07, 6.45) is 3.26. The second-order valence-corrected chi connectivity index (χ2v) is 7.67. The summed E-state index contributed by atoms with van der Waals surface area (Å²) in [6, 6.07) is 7.21. The number of benzene rings is 1. The van der Waals surface area contributed by atoms with Crippen molar-refractivity contribution >= 4 is 26.0 Å². The lowest BCUT2D eigenvalue weighted by atomic mass is 10.1. The van der Waals surface area contributed by atoms with Crippen molar-refractivity contribution in [1.82, 2.24) is 4.31 Å². The van der Waals surface area contributed by atoms with E-state index in [1.54, 1.807) is 22.5 Å². The minimum Gasteiger partial charge on any atom is -0.207 e. The first-order valence-electron chi connectivity index (χ1n) is 5.85. The summed E-state index contributed by atoms with van der Waals surface area (Å²) in [4.78, 5) is 0.402. The van der Waals surface area contributed by atoms with Crippen molar-refractivity contribution in [2.75, 3.05) is 6.54 Å². The van der Waals surface area contributed by atoms with Gasteiger partial charge in [-0.3, -0.25) is 0 Å². The van der Waals surface area contributed by atoms with Crippen LogP contribution in [0.25, 0.3) is 0 Å². The largest absolute Gasteiger partial charge is 0.243 e. The zero-order chi connectivity index (χ0) is 12.0. The van der Waals surface area contributed by atoms with Crippen LogP contribution in [0.3, 0.4) is 0 Å². The van der Waals surface area contributed by atoms with E-state index in [9.17, 15) is 8.42 Å². The zero-order valence-electron chi connectivity index (χ0n) is 9.34. The summed E-state index contributed by atoms with van der Waals surface area (Å²) in [6.45, 7) is 0.708. The van der Waals surface area contributed by atoms with Gasteiger partial charge in [0.15, 0.2) is 0 Å². The molecule has 1 saturated carbocycles. The number of piperidine rings is 1. The smallest absolute Gasteiger partial charge is 0.207 e. The van der Waals surface area contributed by atoms with Crippen LogP contribution >= 0.6 is 15.9 Å². The van der Waals surface area contributed by atoms with Crippen LogP contribution in [0.5, 0.6) is 0 Å². The van der Waals surface area contributed by atoms with Gasteiger partial charge in [-0.15, -0.1) is 0 Å². The molecule has 17 heavy (non-hydrogen) atoms. The van der Waals surface area contributed by atoms with E-state index in [1.165, 1.54) is 6.42 Å². The van der Waals surface area contributed by atoms with Crippen LogP contribution in [-0.4, -0.2) is 25.3 Å². The molecule has 1 aromatic carbocycles. The van der Waals surface area contributed by atoms with Crippen LogP contribution in [0.4, 0.5) is 0 Å². The molecule has 3 rings (SSSR count). The molecular formula is C12H14BrNO2S. The van der Waals surface area contributed by atoms with Gasteiger partial charge in [-0.25, -0.2) is 8.42 Å². The second kappa shape index (κ2) is 4.07. The van der Waals surface area contributed by atoms with Crippen molar-refractivity contribution in [2.24, 2.45) is 5.92 Å². The number of hydrogen-bond acceptors (Lipinski definition) is 2. The summed E-state index contributed by atoms with van der Waals surface area (Å²) >= 11 is 3.32. The zero-order valence-corrected chi connectivity index (χ0v) is 11.7. The Morgan fingerprint density at radius 1 is 1.29 bits per heavy atom. The van der Waals surface area contributed by atoms with E-state index in [1.807, 2.05) is 6.07 Å². The number of sulfonamides is 1. The Balaban J connectivity index is 1.96. The number of nitrogens with zero attached hydrogens (tertiary/aromatic N) is 1. The first kappa shape index (κ1) is 11.7. The van der Waals surface area contributed by atoms with Gasteiger partial charge in [-0.2, -0.15) is 4.31 Å². The SMILES string of the molecule is O=S(=O)(c1cccc(Br)c1)N1CC2CCC1C2. The fourth-order valence-corrected chi connectivity index (χ4v) is 5.28. The van der Waals surface area contributed by atoms with Crippen LogP contribution in [0.1, 0.15) is 19.3 Å². The standard InChI is InChI=1S/C12H14BrNO2S/c13-10-2-1-3-12(7-10)17(15,16)14-8-9-4-5-11(14)6-9/h1-3,7,9,11H,4-6,8H2. The lowest BCUT2D eigenvalue weighted by Crippen LogP contribution is -2.37. The number of hydrogen-bond donors (Lipinski definition) is 0. The first-order valence-corrected chi connectivity index (χ1v) is 8.08. The van der Waals surface area contributed by atoms with Gasteiger partial charge >= 0.3 is 0 Å².